The van der Waals surface area contributed by atoms with Crippen LogP contribution in [0.1, 0.15) is 16.1 Å². The molecule has 0 unspecified atom stereocenters. The summed E-state index contributed by atoms with van der Waals surface area (Å²) in [4.78, 5) is 15.9. The zero-order valence-corrected chi connectivity index (χ0v) is 9.10. The molecule has 5 nitrogen and oxygen atoms in total. The van der Waals surface area contributed by atoms with Gasteiger partial charge >= 0.3 is 0 Å². The molecule has 0 saturated carbocycles. The monoisotopic (exact) mass is 218 g/mol. The highest BCUT2D eigenvalue weighted by atomic mass is 16.1. The molecule has 0 bridgehead atoms. The second kappa shape index (κ2) is 4.32. The van der Waals surface area contributed by atoms with E-state index in [-0.39, 0.29) is 5.91 Å². The number of hydrogen-bond donors (Lipinski definition) is 2. The van der Waals surface area contributed by atoms with E-state index in [9.17, 15) is 4.79 Å². The van der Waals surface area contributed by atoms with Gasteiger partial charge in [-0.15, -0.1) is 0 Å². The second-order valence-corrected chi connectivity index (χ2v) is 3.64. The van der Waals surface area contributed by atoms with E-state index in [1.54, 1.807) is 6.20 Å². The summed E-state index contributed by atoms with van der Waals surface area (Å²) in [5, 5.41) is 2.68. The smallest absolute Gasteiger partial charge is 0.271 e. The molecule has 3 N–H and O–H groups in total. The number of aryl methyl sites for hydroxylation is 1. The van der Waals surface area contributed by atoms with Gasteiger partial charge < -0.3 is 15.5 Å². The van der Waals surface area contributed by atoms with E-state index in [0.29, 0.717) is 18.8 Å². The Morgan fingerprint density at radius 2 is 2.44 bits per heavy atom. The summed E-state index contributed by atoms with van der Waals surface area (Å²) < 4.78 is 1.82. The van der Waals surface area contributed by atoms with Crippen molar-refractivity contribution in [3.63, 3.8) is 0 Å². The molecule has 16 heavy (non-hydrogen) atoms. The van der Waals surface area contributed by atoms with Crippen molar-refractivity contribution in [2.24, 2.45) is 5.73 Å². The number of hydrogen-bond acceptors (Lipinski definition) is 3. The third-order valence-electron chi connectivity index (χ3n) is 2.28. The van der Waals surface area contributed by atoms with Crippen LogP contribution in [0.25, 0.3) is 5.65 Å². The zero-order chi connectivity index (χ0) is 11.5. The minimum atomic E-state index is -0.188. The van der Waals surface area contributed by atoms with Crippen LogP contribution in [0.15, 0.2) is 24.5 Å². The van der Waals surface area contributed by atoms with Crippen LogP contribution in [-0.4, -0.2) is 28.4 Å². The summed E-state index contributed by atoms with van der Waals surface area (Å²) in [7, 11) is 0. The number of amides is 1. The number of pyridine rings is 1. The van der Waals surface area contributed by atoms with E-state index in [2.05, 4.69) is 10.3 Å². The normalized spacial score (nSPS) is 10.6. The third kappa shape index (κ3) is 2.04. The van der Waals surface area contributed by atoms with Gasteiger partial charge in [0.1, 0.15) is 11.3 Å². The first-order valence-electron chi connectivity index (χ1n) is 5.14. The van der Waals surface area contributed by atoms with Gasteiger partial charge in [-0.2, -0.15) is 0 Å². The second-order valence-electron chi connectivity index (χ2n) is 3.64. The number of aromatic nitrogens is 2. The van der Waals surface area contributed by atoms with Crippen molar-refractivity contribution in [2.45, 2.75) is 6.92 Å². The molecule has 2 rings (SSSR count). The van der Waals surface area contributed by atoms with Crippen LogP contribution in [0, 0.1) is 6.92 Å². The predicted molar refractivity (Wildman–Crippen MR) is 61.3 cm³/mol. The summed E-state index contributed by atoms with van der Waals surface area (Å²) in [5.41, 5.74) is 7.62. The average molecular weight is 218 g/mol. The first-order valence-corrected chi connectivity index (χ1v) is 5.14. The molecule has 0 fully saturated rings. The number of nitrogens with two attached hydrogens (primary N) is 1. The Morgan fingerprint density at radius 3 is 3.19 bits per heavy atom. The minimum absolute atomic E-state index is 0.188. The molecule has 0 aliphatic rings. The molecule has 5 heteroatoms. The molecule has 2 aromatic rings. The van der Waals surface area contributed by atoms with Crippen molar-refractivity contribution in [3.8, 4) is 0 Å². The minimum Gasteiger partial charge on any atom is -0.349 e. The Bertz CT molecular complexity index is 518. The highest BCUT2D eigenvalue weighted by molar-refractivity contribution is 5.92. The molecule has 0 aliphatic carbocycles. The van der Waals surface area contributed by atoms with E-state index in [1.165, 1.54) is 0 Å². The first kappa shape index (κ1) is 10.6. The largest absolute Gasteiger partial charge is 0.349 e. The molecule has 0 aromatic carbocycles. The van der Waals surface area contributed by atoms with Crippen LogP contribution < -0.4 is 11.1 Å². The zero-order valence-electron chi connectivity index (χ0n) is 9.10. The number of nitrogens with one attached hydrogen (secondary N) is 1. The Balaban J connectivity index is 2.28. The van der Waals surface area contributed by atoms with Gasteiger partial charge in [0.05, 0.1) is 0 Å². The van der Waals surface area contributed by atoms with E-state index in [1.807, 2.05) is 29.7 Å². The van der Waals surface area contributed by atoms with Crippen LogP contribution in [0.5, 0.6) is 0 Å². The van der Waals surface area contributed by atoms with Crippen LogP contribution in [0.3, 0.4) is 0 Å². The Hall–Kier alpha value is -1.88. The lowest BCUT2D eigenvalue weighted by molar-refractivity contribution is 0.0950. The standard InChI is InChI=1S/C11H14N4O/c1-8-2-5-15-7-9(14-10(15)6-8)11(16)13-4-3-12/h2,5-7H,3-4,12H2,1H3,(H,13,16). The summed E-state index contributed by atoms with van der Waals surface area (Å²) in [6.45, 7) is 2.88. The van der Waals surface area contributed by atoms with E-state index < -0.39 is 0 Å². The van der Waals surface area contributed by atoms with Gasteiger partial charge in [0.2, 0.25) is 0 Å². The van der Waals surface area contributed by atoms with Gasteiger partial charge in [-0.3, -0.25) is 4.79 Å². The maximum Gasteiger partial charge on any atom is 0.271 e. The highest BCUT2D eigenvalue weighted by Crippen LogP contribution is 2.07. The topological polar surface area (TPSA) is 72.4 Å². The Labute approximate surface area is 93.3 Å². The van der Waals surface area contributed by atoms with Crippen molar-refractivity contribution >= 4 is 11.6 Å². The number of fused-ring (bicyclic) bond motifs is 1. The summed E-state index contributed by atoms with van der Waals surface area (Å²) in [6, 6.07) is 3.90. The number of nitrogens with zero attached hydrogens (tertiary/aromatic N) is 2. The number of carbonyl (C=O) groups is 1. The maximum absolute atomic E-state index is 11.6. The molecule has 0 aliphatic heterocycles. The van der Waals surface area contributed by atoms with Gasteiger partial charge in [0.25, 0.3) is 5.91 Å². The summed E-state index contributed by atoms with van der Waals surface area (Å²) in [6.07, 6.45) is 3.60. The van der Waals surface area contributed by atoms with Crippen molar-refractivity contribution in [1.82, 2.24) is 14.7 Å². The molecule has 0 radical (unpaired) electrons. The lowest BCUT2D eigenvalue weighted by Crippen LogP contribution is -2.29. The van der Waals surface area contributed by atoms with Crippen LogP contribution in [0.4, 0.5) is 0 Å². The van der Waals surface area contributed by atoms with Gasteiger partial charge in [-0.25, -0.2) is 4.98 Å². The van der Waals surface area contributed by atoms with Gasteiger partial charge in [0, 0.05) is 25.5 Å². The third-order valence-corrected chi connectivity index (χ3v) is 2.28. The van der Waals surface area contributed by atoms with Crippen molar-refractivity contribution in [3.05, 3.63) is 35.8 Å². The SMILES string of the molecule is Cc1ccn2cc(C(=O)NCCN)nc2c1. The lowest BCUT2D eigenvalue weighted by Gasteiger charge is -1.98. The number of imidazole rings is 1. The highest BCUT2D eigenvalue weighted by Gasteiger charge is 2.09. The molecule has 84 valence electrons. The van der Waals surface area contributed by atoms with Crippen LogP contribution in [0.2, 0.25) is 0 Å². The molecule has 0 saturated heterocycles. The molecule has 2 heterocycles. The van der Waals surface area contributed by atoms with E-state index in [4.69, 9.17) is 5.73 Å². The first-order chi connectivity index (χ1) is 7.70. The molecular formula is C11H14N4O. The Morgan fingerprint density at radius 1 is 1.62 bits per heavy atom. The van der Waals surface area contributed by atoms with Crippen molar-refractivity contribution < 1.29 is 4.79 Å². The van der Waals surface area contributed by atoms with Gasteiger partial charge in [-0.05, 0) is 24.6 Å². The number of rotatable bonds is 3. The van der Waals surface area contributed by atoms with Gasteiger partial charge in [0.15, 0.2) is 0 Å². The van der Waals surface area contributed by atoms with Crippen LogP contribution in [-0.2, 0) is 0 Å². The number of carbonyl (C=O) groups excluding carboxylic acids is 1. The fourth-order valence-corrected chi connectivity index (χ4v) is 1.47. The molecule has 2 aromatic heterocycles. The lowest BCUT2D eigenvalue weighted by atomic mass is 10.3. The predicted octanol–water partition coefficient (Wildman–Crippen LogP) is 0.331. The fourth-order valence-electron chi connectivity index (χ4n) is 1.47. The average Bonchev–Trinajstić information content (AvgIpc) is 2.68. The molecular weight excluding hydrogens is 204 g/mol. The van der Waals surface area contributed by atoms with E-state index >= 15 is 0 Å². The molecule has 0 spiro atoms. The van der Waals surface area contributed by atoms with Gasteiger partial charge in [-0.1, -0.05) is 0 Å². The molecule has 1 amide bonds. The Kier molecular flexibility index (Phi) is 2.87. The van der Waals surface area contributed by atoms with Crippen molar-refractivity contribution in [2.75, 3.05) is 13.1 Å². The quantitative estimate of drug-likeness (QED) is 0.779. The fraction of sp³-hybridized carbons (Fsp3) is 0.273. The van der Waals surface area contributed by atoms with E-state index in [0.717, 1.165) is 11.2 Å². The van der Waals surface area contributed by atoms with Crippen molar-refractivity contribution in [1.29, 1.82) is 0 Å². The van der Waals surface area contributed by atoms with Crippen LogP contribution >= 0.6 is 0 Å². The summed E-state index contributed by atoms with van der Waals surface area (Å²) in [5.74, 6) is -0.188. The molecule has 0 atom stereocenters. The maximum atomic E-state index is 11.6. The summed E-state index contributed by atoms with van der Waals surface area (Å²) >= 11 is 0.